The highest BCUT2D eigenvalue weighted by Gasteiger charge is 2.07. The number of rotatable bonds is 1. The fourth-order valence-corrected chi connectivity index (χ4v) is 1.93. The summed E-state index contributed by atoms with van der Waals surface area (Å²) in [6.45, 7) is 1.69. The maximum absolute atomic E-state index is 9.01. The van der Waals surface area contributed by atoms with Crippen molar-refractivity contribution in [3.63, 3.8) is 0 Å². The maximum atomic E-state index is 9.01. The average Bonchev–Trinajstić information content (AvgIpc) is 2.13. The summed E-state index contributed by atoms with van der Waals surface area (Å²) in [5, 5.41) is 10.9. The normalized spacial score (nSPS) is 13.7. The molecule has 1 unspecified atom stereocenters. The van der Waals surface area contributed by atoms with Crippen molar-refractivity contribution in [2.45, 2.75) is 13.0 Å². The summed E-state index contributed by atoms with van der Waals surface area (Å²) in [4.78, 5) is 0. The highest BCUT2D eigenvalue weighted by atomic mass is 79.9. The van der Waals surface area contributed by atoms with Crippen LogP contribution in [0.5, 0.6) is 0 Å². The molecule has 0 saturated heterocycles. The molecule has 0 aromatic carbocycles. The van der Waals surface area contributed by atoms with Crippen molar-refractivity contribution in [3.8, 4) is 0 Å². The Kier molecular flexibility index (Phi) is 2.21. The Labute approximate surface area is 65.8 Å². The predicted octanol–water partition coefficient (Wildman–Crippen LogP) is 1.96. The predicted molar refractivity (Wildman–Crippen MR) is 40.4 cm³/mol. The highest BCUT2D eigenvalue weighted by molar-refractivity contribution is 9.10. The summed E-state index contributed by atoms with van der Waals surface area (Å²) in [6.07, 6.45) is -0.467. The molecule has 1 atom stereocenters. The molecule has 0 saturated carbocycles. The van der Waals surface area contributed by atoms with Crippen LogP contribution < -0.4 is 0 Å². The first-order valence-electron chi connectivity index (χ1n) is 2.49. The van der Waals surface area contributed by atoms with Crippen molar-refractivity contribution in [1.82, 2.24) is 4.37 Å². The average molecular weight is 208 g/mol. The van der Waals surface area contributed by atoms with Gasteiger partial charge in [-0.2, -0.15) is 4.37 Å². The number of aliphatic hydroxyl groups is 1. The molecule has 0 radical (unpaired) electrons. The van der Waals surface area contributed by atoms with Gasteiger partial charge in [0.05, 0.1) is 16.3 Å². The molecule has 1 N–H and O–H groups in total. The van der Waals surface area contributed by atoms with Gasteiger partial charge in [0.25, 0.3) is 0 Å². The van der Waals surface area contributed by atoms with E-state index in [2.05, 4.69) is 20.3 Å². The van der Waals surface area contributed by atoms with E-state index in [4.69, 9.17) is 5.11 Å². The smallest absolute Gasteiger partial charge is 0.0966 e. The van der Waals surface area contributed by atoms with Crippen LogP contribution in [0.2, 0.25) is 0 Å². The lowest BCUT2D eigenvalue weighted by molar-refractivity contribution is 0.195. The number of nitrogens with zero attached hydrogens (tertiary/aromatic N) is 1. The third-order valence-corrected chi connectivity index (χ3v) is 2.53. The van der Waals surface area contributed by atoms with Gasteiger partial charge in [-0.1, -0.05) is 0 Å². The van der Waals surface area contributed by atoms with Crippen LogP contribution >= 0.6 is 27.5 Å². The van der Waals surface area contributed by atoms with Crippen molar-refractivity contribution in [3.05, 3.63) is 15.5 Å². The number of hydrogen-bond donors (Lipinski definition) is 1. The SMILES string of the molecule is CC(O)c1nscc1Br. The summed E-state index contributed by atoms with van der Waals surface area (Å²) in [6, 6.07) is 0. The van der Waals surface area contributed by atoms with E-state index < -0.39 is 6.10 Å². The number of halogens is 1. The molecule has 0 spiro atoms. The summed E-state index contributed by atoms with van der Waals surface area (Å²) >= 11 is 4.59. The Morgan fingerprint density at radius 1 is 1.89 bits per heavy atom. The molecule has 4 heteroatoms. The van der Waals surface area contributed by atoms with E-state index in [0.717, 1.165) is 10.2 Å². The number of hydrogen-bond acceptors (Lipinski definition) is 3. The van der Waals surface area contributed by atoms with Crippen LogP contribution in [0.3, 0.4) is 0 Å². The summed E-state index contributed by atoms with van der Waals surface area (Å²) in [5.41, 5.74) is 0.722. The topological polar surface area (TPSA) is 33.1 Å². The van der Waals surface area contributed by atoms with Crippen LogP contribution in [0.1, 0.15) is 18.7 Å². The van der Waals surface area contributed by atoms with Gasteiger partial charge in [0, 0.05) is 5.38 Å². The second-order valence-corrected chi connectivity index (χ2v) is 3.21. The lowest BCUT2D eigenvalue weighted by atomic mass is 10.3. The van der Waals surface area contributed by atoms with Crippen molar-refractivity contribution >= 4 is 27.5 Å². The van der Waals surface area contributed by atoms with E-state index in [1.54, 1.807) is 6.92 Å². The summed E-state index contributed by atoms with van der Waals surface area (Å²) < 4.78 is 4.85. The Balaban J connectivity index is 2.94. The Bertz CT molecular complexity index is 199. The van der Waals surface area contributed by atoms with E-state index in [9.17, 15) is 0 Å². The van der Waals surface area contributed by atoms with Crippen LogP contribution in [0, 0.1) is 0 Å². The molecule has 0 amide bonds. The van der Waals surface area contributed by atoms with Crippen LogP contribution in [0.4, 0.5) is 0 Å². The fraction of sp³-hybridized carbons (Fsp3) is 0.400. The Morgan fingerprint density at radius 2 is 2.56 bits per heavy atom. The van der Waals surface area contributed by atoms with Gasteiger partial charge in [0.15, 0.2) is 0 Å². The quantitative estimate of drug-likeness (QED) is 0.765. The first-order chi connectivity index (χ1) is 4.22. The van der Waals surface area contributed by atoms with Gasteiger partial charge in [-0.25, -0.2) is 0 Å². The third kappa shape index (κ3) is 1.50. The van der Waals surface area contributed by atoms with E-state index in [-0.39, 0.29) is 0 Å². The second-order valence-electron chi connectivity index (χ2n) is 1.72. The van der Waals surface area contributed by atoms with Gasteiger partial charge in [-0.3, -0.25) is 0 Å². The lowest BCUT2D eigenvalue weighted by Gasteiger charge is -1.97. The highest BCUT2D eigenvalue weighted by Crippen LogP contribution is 2.22. The third-order valence-electron chi connectivity index (χ3n) is 0.948. The first kappa shape index (κ1) is 7.18. The van der Waals surface area contributed by atoms with Gasteiger partial charge < -0.3 is 5.11 Å². The van der Waals surface area contributed by atoms with Gasteiger partial charge >= 0.3 is 0 Å². The van der Waals surface area contributed by atoms with Crippen LogP contribution in [0.15, 0.2) is 9.85 Å². The molecule has 1 aromatic rings. The van der Waals surface area contributed by atoms with E-state index in [1.807, 2.05) is 5.38 Å². The first-order valence-corrected chi connectivity index (χ1v) is 4.12. The standard InChI is InChI=1S/C5H6BrNOS/c1-3(8)5-4(6)2-9-7-5/h2-3,8H,1H3. The Hall–Kier alpha value is 0.0700. The van der Waals surface area contributed by atoms with Crippen molar-refractivity contribution in [1.29, 1.82) is 0 Å². The molecule has 0 aliphatic rings. The molecule has 1 aromatic heterocycles. The van der Waals surface area contributed by atoms with E-state index >= 15 is 0 Å². The summed E-state index contributed by atoms with van der Waals surface area (Å²) in [5.74, 6) is 0. The zero-order valence-electron chi connectivity index (χ0n) is 4.84. The van der Waals surface area contributed by atoms with Gasteiger partial charge in [-0.15, -0.1) is 0 Å². The van der Waals surface area contributed by atoms with Crippen LogP contribution in [0.25, 0.3) is 0 Å². The molecule has 0 aliphatic heterocycles. The molecular formula is C5H6BrNOS. The monoisotopic (exact) mass is 207 g/mol. The number of aromatic nitrogens is 1. The maximum Gasteiger partial charge on any atom is 0.0966 e. The van der Waals surface area contributed by atoms with Crippen LogP contribution in [-0.2, 0) is 0 Å². The lowest BCUT2D eigenvalue weighted by Crippen LogP contribution is -1.90. The molecule has 0 aliphatic carbocycles. The molecule has 9 heavy (non-hydrogen) atoms. The van der Waals surface area contributed by atoms with Crippen molar-refractivity contribution in [2.75, 3.05) is 0 Å². The molecule has 1 rings (SSSR count). The van der Waals surface area contributed by atoms with Gasteiger partial charge in [0.1, 0.15) is 0 Å². The molecule has 1 heterocycles. The van der Waals surface area contributed by atoms with Crippen molar-refractivity contribution < 1.29 is 5.11 Å². The minimum absolute atomic E-state index is 0.467. The molecule has 0 fully saturated rings. The zero-order valence-corrected chi connectivity index (χ0v) is 7.24. The fourth-order valence-electron chi connectivity index (χ4n) is 0.509. The minimum Gasteiger partial charge on any atom is -0.387 e. The zero-order chi connectivity index (χ0) is 6.85. The molecule has 0 bridgehead atoms. The largest absolute Gasteiger partial charge is 0.387 e. The minimum atomic E-state index is -0.467. The molecule has 2 nitrogen and oxygen atoms in total. The van der Waals surface area contributed by atoms with Gasteiger partial charge in [-0.05, 0) is 34.4 Å². The van der Waals surface area contributed by atoms with E-state index in [1.165, 1.54) is 11.5 Å². The molecule has 50 valence electrons. The summed E-state index contributed by atoms with van der Waals surface area (Å²) in [7, 11) is 0. The Morgan fingerprint density at radius 3 is 2.78 bits per heavy atom. The van der Waals surface area contributed by atoms with Gasteiger partial charge in [0.2, 0.25) is 0 Å². The van der Waals surface area contributed by atoms with Crippen LogP contribution in [-0.4, -0.2) is 9.48 Å². The van der Waals surface area contributed by atoms with E-state index in [0.29, 0.717) is 0 Å². The van der Waals surface area contributed by atoms with Crippen molar-refractivity contribution in [2.24, 2.45) is 0 Å². The second kappa shape index (κ2) is 2.77. The molecular weight excluding hydrogens is 202 g/mol. The number of aliphatic hydroxyl groups excluding tert-OH is 1.